The van der Waals surface area contributed by atoms with E-state index in [1.807, 2.05) is 0 Å². The van der Waals surface area contributed by atoms with Crippen molar-refractivity contribution in [3.05, 3.63) is 12.2 Å². The van der Waals surface area contributed by atoms with Crippen LogP contribution in [0.5, 0.6) is 0 Å². The van der Waals surface area contributed by atoms with Crippen LogP contribution < -0.4 is 0 Å². The Morgan fingerprint density at radius 1 is 1.13 bits per heavy atom. The summed E-state index contributed by atoms with van der Waals surface area (Å²) in [5, 5.41) is 0. The Morgan fingerprint density at radius 3 is 2.07 bits per heavy atom. The van der Waals surface area contributed by atoms with E-state index < -0.39 is 0 Å². The Kier molecular flexibility index (Phi) is 5.34. The summed E-state index contributed by atoms with van der Waals surface area (Å²) in [5.74, 6) is 0. The van der Waals surface area contributed by atoms with E-state index in [9.17, 15) is 0 Å². The van der Waals surface area contributed by atoms with Crippen molar-refractivity contribution in [2.45, 2.75) is 58.8 Å². The summed E-state index contributed by atoms with van der Waals surface area (Å²) in [6.45, 7) is 11.1. The number of hydrogen-bond donors (Lipinski definition) is 0. The maximum absolute atomic E-state index is 5.84. The molecule has 0 bridgehead atoms. The van der Waals surface area contributed by atoms with Gasteiger partial charge in [-0.15, -0.1) is 0 Å². The maximum atomic E-state index is 5.84. The van der Waals surface area contributed by atoms with Crippen LogP contribution in [-0.2, 0) is 4.74 Å². The molecule has 1 aliphatic carbocycles. The fraction of sp³-hybridized carbons (Fsp3) is 0.846. The molecule has 2 heteroatoms. The smallest absolute Gasteiger partial charge is 0.0950 e. The van der Waals surface area contributed by atoms with Gasteiger partial charge in [0.2, 0.25) is 0 Å². The van der Waals surface area contributed by atoms with Gasteiger partial charge in [0, 0.05) is 0 Å². The maximum Gasteiger partial charge on any atom is 0.0950 e. The zero-order valence-corrected chi connectivity index (χ0v) is 10.6. The molecule has 1 rings (SSSR count). The largest absolute Gasteiger partial charge is 0.370 e. The van der Waals surface area contributed by atoms with Gasteiger partial charge in [-0.1, -0.05) is 26.0 Å². The van der Waals surface area contributed by atoms with Crippen LogP contribution in [0.2, 0.25) is 0 Å². The monoisotopic (exact) mass is 211 g/mol. The van der Waals surface area contributed by atoms with Gasteiger partial charge in [0.05, 0.1) is 18.2 Å². The van der Waals surface area contributed by atoms with E-state index in [1.165, 1.54) is 25.9 Å². The normalized spacial score (nSPS) is 24.9. The van der Waals surface area contributed by atoms with Crippen LogP contribution >= 0.6 is 0 Å². The number of ether oxygens (including phenoxy) is 1. The van der Waals surface area contributed by atoms with Crippen molar-refractivity contribution in [2.75, 3.05) is 13.1 Å². The third-order valence-corrected chi connectivity index (χ3v) is 2.71. The molecule has 1 aliphatic rings. The van der Waals surface area contributed by atoms with E-state index in [-0.39, 0.29) is 0 Å². The SMILES string of the molecule is CCCN(CCC)C1C=CC1OC(C)C. The first-order chi connectivity index (χ1) is 7.19. The van der Waals surface area contributed by atoms with Gasteiger partial charge in [0.1, 0.15) is 0 Å². The second-order valence-corrected chi connectivity index (χ2v) is 4.56. The van der Waals surface area contributed by atoms with Crippen molar-refractivity contribution >= 4 is 0 Å². The van der Waals surface area contributed by atoms with Gasteiger partial charge in [-0.25, -0.2) is 0 Å². The molecule has 2 unspecified atom stereocenters. The summed E-state index contributed by atoms with van der Waals surface area (Å²) in [5.41, 5.74) is 0. The van der Waals surface area contributed by atoms with Crippen LogP contribution in [0.4, 0.5) is 0 Å². The van der Waals surface area contributed by atoms with Gasteiger partial charge in [-0.2, -0.15) is 0 Å². The molecule has 15 heavy (non-hydrogen) atoms. The van der Waals surface area contributed by atoms with E-state index in [0.717, 1.165) is 0 Å². The molecule has 0 aromatic heterocycles. The lowest BCUT2D eigenvalue weighted by atomic mass is 9.97. The Bertz CT molecular complexity index is 195. The molecule has 0 saturated carbocycles. The zero-order chi connectivity index (χ0) is 11.3. The van der Waals surface area contributed by atoms with Gasteiger partial charge in [0.15, 0.2) is 0 Å². The zero-order valence-electron chi connectivity index (χ0n) is 10.6. The van der Waals surface area contributed by atoms with Gasteiger partial charge in [-0.3, -0.25) is 4.90 Å². The molecule has 0 aliphatic heterocycles. The van der Waals surface area contributed by atoms with E-state index in [1.54, 1.807) is 0 Å². The Hall–Kier alpha value is -0.340. The van der Waals surface area contributed by atoms with Crippen molar-refractivity contribution in [3.63, 3.8) is 0 Å². The van der Waals surface area contributed by atoms with E-state index in [0.29, 0.717) is 18.2 Å². The van der Waals surface area contributed by atoms with Crippen molar-refractivity contribution in [3.8, 4) is 0 Å². The highest BCUT2D eigenvalue weighted by molar-refractivity contribution is 5.16. The Balaban J connectivity index is 2.43. The molecule has 0 amide bonds. The first kappa shape index (κ1) is 12.7. The molecule has 2 atom stereocenters. The summed E-state index contributed by atoms with van der Waals surface area (Å²) >= 11 is 0. The molecule has 88 valence electrons. The number of hydrogen-bond acceptors (Lipinski definition) is 2. The average Bonchev–Trinajstić information content (AvgIpc) is 2.13. The molecule has 0 fully saturated rings. The average molecular weight is 211 g/mol. The van der Waals surface area contributed by atoms with Crippen LogP contribution in [-0.4, -0.2) is 36.2 Å². The lowest BCUT2D eigenvalue weighted by Gasteiger charge is -2.39. The van der Waals surface area contributed by atoms with Crippen LogP contribution in [0.15, 0.2) is 12.2 Å². The fourth-order valence-corrected chi connectivity index (χ4v) is 2.06. The standard InChI is InChI=1S/C13H25NO/c1-5-9-14(10-6-2)12-7-8-13(12)15-11(3)4/h7-8,11-13H,5-6,9-10H2,1-4H3. The molecule has 2 nitrogen and oxygen atoms in total. The molecule has 0 heterocycles. The van der Waals surface area contributed by atoms with Gasteiger partial charge in [-0.05, 0) is 39.8 Å². The van der Waals surface area contributed by atoms with E-state index in [2.05, 4.69) is 44.7 Å². The molecule has 0 aromatic carbocycles. The molecule has 0 saturated heterocycles. The van der Waals surface area contributed by atoms with Gasteiger partial charge >= 0.3 is 0 Å². The van der Waals surface area contributed by atoms with Crippen LogP contribution in [0.25, 0.3) is 0 Å². The minimum atomic E-state index is 0.322. The van der Waals surface area contributed by atoms with Gasteiger partial charge in [0.25, 0.3) is 0 Å². The third-order valence-electron chi connectivity index (χ3n) is 2.71. The lowest BCUT2D eigenvalue weighted by Crippen LogP contribution is -2.48. The second-order valence-electron chi connectivity index (χ2n) is 4.56. The third kappa shape index (κ3) is 3.62. The summed E-state index contributed by atoms with van der Waals surface area (Å²) in [6.07, 6.45) is 7.55. The quantitative estimate of drug-likeness (QED) is 0.600. The molecule has 0 radical (unpaired) electrons. The molecule has 0 spiro atoms. The van der Waals surface area contributed by atoms with Gasteiger partial charge < -0.3 is 4.74 Å². The minimum absolute atomic E-state index is 0.322. The molecular weight excluding hydrogens is 186 g/mol. The first-order valence-corrected chi connectivity index (χ1v) is 6.26. The topological polar surface area (TPSA) is 12.5 Å². The van der Waals surface area contributed by atoms with Crippen molar-refractivity contribution in [1.82, 2.24) is 4.90 Å². The number of nitrogens with zero attached hydrogens (tertiary/aromatic N) is 1. The highest BCUT2D eigenvalue weighted by Gasteiger charge is 2.30. The summed E-state index contributed by atoms with van der Waals surface area (Å²) in [7, 11) is 0. The lowest BCUT2D eigenvalue weighted by molar-refractivity contribution is -0.0191. The summed E-state index contributed by atoms with van der Waals surface area (Å²) in [6, 6.07) is 0.521. The predicted molar refractivity (Wildman–Crippen MR) is 65.1 cm³/mol. The Labute approximate surface area is 94.3 Å². The van der Waals surface area contributed by atoms with Crippen LogP contribution in [0.3, 0.4) is 0 Å². The van der Waals surface area contributed by atoms with E-state index in [4.69, 9.17) is 4.74 Å². The van der Waals surface area contributed by atoms with Crippen molar-refractivity contribution in [1.29, 1.82) is 0 Å². The summed E-state index contributed by atoms with van der Waals surface area (Å²) < 4.78 is 5.84. The highest BCUT2D eigenvalue weighted by atomic mass is 16.5. The molecule has 0 aromatic rings. The molecule has 0 N–H and O–H groups in total. The van der Waals surface area contributed by atoms with Crippen LogP contribution in [0.1, 0.15) is 40.5 Å². The summed E-state index contributed by atoms with van der Waals surface area (Å²) in [4.78, 5) is 2.53. The Morgan fingerprint density at radius 2 is 1.73 bits per heavy atom. The fourth-order valence-electron chi connectivity index (χ4n) is 2.06. The minimum Gasteiger partial charge on any atom is -0.370 e. The van der Waals surface area contributed by atoms with Crippen molar-refractivity contribution < 1.29 is 4.74 Å². The highest BCUT2D eigenvalue weighted by Crippen LogP contribution is 2.22. The van der Waals surface area contributed by atoms with Crippen molar-refractivity contribution in [2.24, 2.45) is 0 Å². The first-order valence-electron chi connectivity index (χ1n) is 6.26. The van der Waals surface area contributed by atoms with E-state index >= 15 is 0 Å². The molecular formula is C13H25NO. The predicted octanol–water partition coefficient (Wildman–Crippen LogP) is 2.84. The number of rotatable bonds is 7. The van der Waals surface area contributed by atoms with Crippen LogP contribution in [0, 0.1) is 0 Å². The second kappa shape index (κ2) is 6.29.